The molecule has 1 aromatic carbocycles. The summed E-state index contributed by atoms with van der Waals surface area (Å²) in [4.78, 5) is 11.3. The quantitative estimate of drug-likeness (QED) is 0.768. The summed E-state index contributed by atoms with van der Waals surface area (Å²) in [5.74, 6) is 0.475. The largest absolute Gasteiger partial charge is 0.479 e. The van der Waals surface area contributed by atoms with Crippen molar-refractivity contribution in [2.24, 2.45) is 0 Å². The molecule has 1 aliphatic heterocycles. The Kier molecular flexibility index (Phi) is 3.60. The molecule has 1 saturated heterocycles. The van der Waals surface area contributed by atoms with Gasteiger partial charge in [0, 0.05) is 6.42 Å². The van der Waals surface area contributed by atoms with Crippen LogP contribution in [0.4, 0.5) is 0 Å². The second-order valence-corrected chi connectivity index (χ2v) is 5.32. The van der Waals surface area contributed by atoms with E-state index in [1.807, 2.05) is 12.1 Å². The van der Waals surface area contributed by atoms with Crippen molar-refractivity contribution in [2.75, 3.05) is 6.61 Å². The van der Waals surface area contributed by atoms with Gasteiger partial charge in [-0.05, 0) is 29.5 Å². The number of cyclic esters (lactones) is 1. The first-order valence-corrected chi connectivity index (χ1v) is 6.47. The van der Waals surface area contributed by atoms with Crippen LogP contribution in [-0.2, 0) is 14.9 Å². The van der Waals surface area contributed by atoms with Gasteiger partial charge in [0.2, 0.25) is 0 Å². The number of carbonyl (C=O) groups is 1. The van der Waals surface area contributed by atoms with Crippen LogP contribution in [0.2, 0.25) is 0 Å². The molecule has 0 spiro atoms. The highest BCUT2D eigenvalue weighted by molar-refractivity contribution is 5.76. The summed E-state index contributed by atoms with van der Waals surface area (Å²) in [5.41, 5.74) is 1.46. The molecule has 18 heavy (non-hydrogen) atoms. The predicted molar refractivity (Wildman–Crippen MR) is 69.8 cm³/mol. The minimum Gasteiger partial charge on any atom is -0.479 e. The van der Waals surface area contributed by atoms with Gasteiger partial charge in [-0.25, -0.2) is 4.79 Å². The molecule has 0 aliphatic carbocycles. The molecule has 1 atom stereocenters. The van der Waals surface area contributed by atoms with Gasteiger partial charge in [-0.15, -0.1) is 0 Å². The Morgan fingerprint density at radius 2 is 2.00 bits per heavy atom. The lowest BCUT2D eigenvalue weighted by atomic mass is 9.82. The first-order chi connectivity index (χ1) is 8.53. The summed E-state index contributed by atoms with van der Waals surface area (Å²) in [6.45, 7) is 7.08. The summed E-state index contributed by atoms with van der Waals surface area (Å²) in [5, 5.41) is 0. The van der Waals surface area contributed by atoms with Crippen LogP contribution in [0.25, 0.3) is 0 Å². The fourth-order valence-corrected chi connectivity index (χ4v) is 1.94. The Morgan fingerprint density at radius 1 is 1.33 bits per heavy atom. The second kappa shape index (κ2) is 5.01. The first kappa shape index (κ1) is 12.9. The third-order valence-electron chi connectivity index (χ3n) is 3.69. The van der Waals surface area contributed by atoms with Crippen LogP contribution < -0.4 is 4.74 Å². The van der Waals surface area contributed by atoms with Crippen molar-refractivity contribution in [3.63, 3.8) is 0 Å². The summed E-state index contributed by atoms with van der Waals surface area (Å²) in [6, 6.07) is 7.99. The Bertz CT molecular complexity index is 420. The number of hydrogen-bond acceptors (Lipinski definition) is 3. The molecule has 0 radical (unpaired) electrons. The Labute approximate surface area is 108 Å². The summed E-state index contributed by atoms with van der Waals surface area (Å²) in [7, 11) is 0. The Hall–Kier alpha value is -1.51. The van der Waals surface area contributed by atoms with Gasteiger partial charge in [-0.3, -0.25) is 0 Å². The van der Waals surface area contributed by atoms with E-state index in [9.17, 15) is 4.79 Å². The van der Waals surface area contributed by atoms with Crippen molar-refractivity contribution in [2.45, 2.75) is 45.1 Å². The summed E-state index contributed by atoms with van der Waals surface area (Å²) < 4.78 is 10.5. The zero-order valence-electron chi connectivity index (χ0n) is 11.2. The van der Waals surface area contributed by atoms with Crippen LogP contribution in [0, 0.1) is 0 Å². The fraction of sp³-hybridized carbons (Fsp3) is 0.533. The molecule has 1 aromatic rings. The topological polar surface area (TPSA) is 35.5 Å². The van der Waals surface area contributed by atoms with E-state index in [4.69, 9.17) is 9.47 Å². The molecule has 0 aromatic heterocycles. The molecule has 3 heteroatoms. The molecule has 0 amide bonds. The number of esters is 1. The Morgan fingerprint density at radius 3 is 2.50 bits per heavy atom. The van der Waals surface area contributed by atoms with Crippen molar-refractivity contribution in [3.05, 3.63) is 29.8 Å². The standard InChI is InChI=1S/C15H20O3/c1-4-15(2,3)11-5-7-12(8-6-11)18-13-9-10-17-14(13)16/h5-8,13H,4,9-10H2,1-3H3. The molecule has 2 rings (SSSR count). The van der Waals surface area contributed by atoms with Crippen LogP contribution in [0.15, 0.2) is 24.3 Å². The molecule has 0 saturated carbocycles. The van der Waals surface area contributed by atoms with Gasteiger partial charge in [0.15, 0.2) is 6.10 Å². The van der Waals surface area contributed by atoms with Crippen LogP contribution in [0.5, 0.6) is 5.75 Å². The molecule has 0 bridgehead atoms. The van der Waals surface area contributed by atoms with E-state index < -0.39 is 6.10 Å². The Balaban J connectivity index is 2.06. The van der Waals surface area contributed by atoms with E-state index in [-0.39, 0.29) is 11.4 Å². The lowest BCUT2D eigenvalue weighted by Crippen LogP contribution is -2.21. The van der Waals surface area contributed by atoms with Gasteiger partial charge in [0.25, 0.3) is 0 Å². The molecule has 1 aliphatic rings. The maximum Gasteiger partial charge on any atom is 0.347 e. The highest BCUT2D eigenvalue weighted by Gasteiger charge is 2.28. The predicted octanol–water partition coefficient (Wildman–Crippen LogP) is 3.07. The van der Waals surface area contributed by atoms with E-state index in [0.717, 1.165) is 12.2 Å². The fourth-order valence-electron chi connectivity index (χ4n) is 1.94. The van der Waals surface area contributed by atoms with Crippen molar-refractivity contribution in [1.29, 1.82) is 0 Å². The van der Waals surface area contributed by atoms with Gasteiger partial charge in [0.05, 0.1) is 6.61 Å². The molecule has 1 unspecified atom stereocenters. The van der Waals surface area contributed by atoms with Crippen LogP contribution in [0.3, 0.4) is 0 Å². The lowest BCUT2D eigenvalue weighted by molar-refractivity contribution is -0.143. The van der Waals surface area contributed by atoms with E-state index in [1.54, 1.807) is 0 Å². The zero-order chi connectivity index (χ0) is 13.2. The smallest absolute Gasteiger partial charge is 0.347 e. The highest BCUT2D eigenvalue weighted by Crippen LogP contribution is 2.28. The van der Waals surface area contributed by atoms with Crippen LogP contribution in [-0.4, -0.2) is 18.7 Å². The third-order valence-corrected chi connectivity index (χ3v) is 3.69. The molecule has 3 nitrogen and oxygen atoms in total. The maximum atomic E-state index is 11.3. The normalized spacial score (nSPS) is 19.7. The van der Waals surface area contributed by atoms with Gasteiger partial charge < -0.3 is 9.47 Å². The molecule has 98 valence electrons. The number of hydrogen-bond donors (Lipinski definition) is 0. The number of rotatable bonds is 4. The average molecular weight is 248 g/mol. The molecular formula is C15H20O3. The van der Waals surface area contributed by atoms with Gasteiger partial charge >= 0.3 is 5.97 Å². The molecule has 0 N–H and O–H groups in total. The third kappa shape index (κ3) is 2.66. The van der Waals surface area contributed by atoms with Crippen molar-refractivity contribution < 1.29 is 14.3 Å². The molecular weight excluding hydrogens is 228 g/mol. The highest BCUT2D eigenvalue weighted by atomic mass is 16.6. The second-order valence-electron chi connectivity index (χ2n) is 5.32. The summed E-state index contributed by atoms with van der Waals surface area (Å²) in [6.07, 6.45) is 1.29. The molecule has 1 heterocycles. The maximum absolute atomic E-state index is 11.3. The minimum atomic E-state index is -0.435. The lowest BCUT2D eigenvalue weighted by Gasteiger charge is -2.23. The van der Waals surface area contributed by atoms with Crippen LogP contribution in [0.1, 0.15) is 39.2 Å². The van der Waals surface area contributed by atoms with Crippen molar-refractivity contribution in [3.8, 4) is 5.75 Å². The van der Waals surface area contributed by atoms with Gasteiger partial charge in [0.1, 0.15) is 5.75 Å². The minimum absolute atomic E-state index is 0.171. The number of carbonyl (C=O) groups excluding carboxylic acids is 1. The van der Waals surface area contributed by atoms with E-state index in [1.165, 1.54) is 5.56 Å². The van der Waals surface area contributed by atoms with Gasteiger partial charge in [-0.1, -0.05) is 32.9 Å². The van der Waals surface area contributed by atoms with E-state index in [2.05, 4.69) is 32.9 Å². The van der Waals surface area contributed by atoms with Crippen LogP contribution >= 0.6 is 0 Å². The van der Waals surface area contributed by atoms with E-state index >= 15 is 0 Å². The number of ether oxygens (including phenoxy) is 2. The van der Waals surface area contributed by atoms with Crippen molar-refractivity contribution >= 4 is 5.97 Å². The van der Waals surface area contributed by atoms with E-state index in [0.29, 0.717) is 13.0 Å². The zero-order valence-corrected chi connectivity index (χ0v) is 11.2. The molecule has 1 fully saturated rings. The van der Waals surface area contributed by atoms with Gasteiger partial charge in [-0.2, -0.15) is 0 Å². The summed E-state index contributed by atoms with van der Waals surface area (Å²) >= 11 is 0. The average Bonchev–Trinajstić information content (AvgIpc) is 2.76. The van der Waals surface area contributed by atoms with Crippen molar-refractivity contribution in [1.82, 2.24) is 0 Å². The monoisotopic (exact) mass is 248 g/mol. The number of benzene rings is 1. The SMILES string of the molecule is CCC(C)(C)c1ccc(OC2CCOC2=O)cc1. The first-order valence-electron chi connectivity index (χ1n) is 6.47.